The maximum Gasteiger partial charge on any atom is 0.0940 e. The molecular weight excluding hydrogens is 180 g/mol. The van der Waals surface area contributed by atoms with E-state index in [1.807, 2.05) is 11.6 Å². The summed E-state index contributed by atoms with van der Waals surface area (Å²) in [7, 11) is 0. The van der Waals surface area contributed by atoms with Crippen LogP contribution >= 0.6 is 11.3 Å². The van der Waals surface area contributed by atoms with E-state index in [1.54, 1.807) is 11.3 Å². The van der Waals surface area contributed by atoms with Crippen LogP contribution in [0.5, 0.6) is 0 Å². The average molecular weight is 198 g/mol. The molecule has 0 radical (unpaired) electrons. The third-order valence-electron chi connectivity index (χ3n) is 2.55. The fourth-order valence-electron chi connectivity index (χ4n) is 1.62. The van der Waals surface area contributed by atoms with Crippen molar-refractivity contribution in [3.05, 3.63) is 16.6 Å². The maximum atomic E-state index is 6.10. The second-order valence-electron chi connectivity index (χ2n) is 3.37. The lowest BCUT2D eigenvalue weighted by Gasteiger charge is -2.19. The SMILES string of the molecule is CCC(CC)C(N)Cc1nccs1. The standard InChI is InChI=1S/C10H18N2S/c1-3-8(4-2)9(11)7-10-12-5-6-13-10/h5-6,8-9H,3-4,7,11H2,1-2H3. The molecule has 0 fully saturated rings. The van der Waals surface area contributed by atoms with Gasteiger partial charge in [0.05, 0.1) is 5.01 Å². The van der Waals surface area contributed by atoms with Crippen molar-refractivity contribution >= 4 is 11.3 Å². The second kappa shape index (κ2) is 5.35. The normalized spacial score (nSPS) is 13.5. The molecule has 0 saturated carbocycles. The van der Waals surface area contributed by atoms with E-state index in [0.717, 1.165) is 6.42 Å². The first-order valence-corrected chi connectivity index (χ1v) is 5.79. The molecule has 2 nitrogen and oxygen atoms in total. The lowest BCUT2D eigenvalue weighted by Crippen LogP contribution is -2.31. The van der Waals surface area contributed by atoms with Gasteiger partial charge in [-0.1, -0.05) is 26.7 Å². The highest BCUT2D eigenvalue weighted by molar-refractivity contribution is 7.09. The fourth-order valence-corrected chi connectivity index (χ4v) is 2.31. The first kappa shape index (κ1) is 10.7. The Hall–Kier alpha value is -0.410. The Bertz CT molecular complexity index is 217. The number of nitrogens with zero attached hydrogens (tertiary/aromatic N) is 1. The van der Waals surface area contributed by atoms with Gasteiger partial charge in [0.25, 0.3) is 0 Å². The highest BCUT2D eigenvalue weighted by Gasteiger charge is 2.15. The predicted octanol–water partition coefficient (Wildman–Crippen LogP) is 2.45. The molecule has 3 heteroatoms. The second-order valence-corrected chi connectivity index (χ2v) is 4.35. The lowest BCUT2D eigenvalue weighted by molar-refractivity contribution is 0.393. The molecule has 0 aromatic carbocycles. The van der Waals surface area contributed by atoms with Crippen LogP contribution in [0.25, 0.3) is 0 Å². The van der Waals surface area contributed by atoms with E-state index in [-0.39, 0.29) is 6.04 Å². The topological polar surface area (TPSA) is 38.9 Å². The third-order valence-corrected chi connectivity index (χ3v) is 3.35. The molecule has 1 unspecified atom stereocenters. The van der Waals surface area contributed by atoms with Gasteiger partial charge in [0, 0.05) is 24.0 Å². The van der Waals surface area contributed by atoms with Crippen LogP contribution in [0.15, 0.2) is 11.6 Å². The van der Waals surface area contributed by atoms with Crippen LogP contribution in [-0.4, -0.2) is 11.0 Å². The molecule has 0 aliphatic heterocycles. The van der Waals surface area contributed by atoms with Gasteiger partial charge in [-0.3, -0.25) is 0 Å². The summed E-state index contributed by atoms with van der Waals surface area (Å²) < 4.78 is 0. The van der Waals surface area contributed by atoms with E-state index in [4.69, 9.17) is 5.73 Å². The molecular formula is C10H18N2S. The number of thiazole rings is 1. The molecule has 1 aromatic rings. The molecule has 1 rings (SSSR count). The van der Waals surface area contributed by atoms with Crippen molar-refractivity contribution in [1.82, 2.24) is 4.98 Å². The van der Waals surface area contributed by atoms with Crippen molar-refractivity contribution in [2.75, 3.05) is 0 Å². The van der Waals surface area contributed by atoms with Gasteiger partial charge in [-0.25, -0.2) is 4.98 Å². The lowest BCUT2D eigenvalue weighted by atomic mass is 9.93. The average Bonchev–Trinajstić information content (AvgIpc) is 2.59. The molecule has 0 aliphatic carbocycles. The van der Waals surface area contributed by atoms with Gasteiger partial charge in [0.15, 0.2) is 0 Å². The van der Waals surface area contributed by atoms with E-state index in [0.29, 0.717) is 5.92 Å². The van der Waals surface area contributed by atoms with Gasteiger partial charge in [0.2, 0.25) is 0 Å². The molecule has 2 N–H and O–H groups in total. The number of rotatable bonds is 5. The molecule has 0 aliphatic rings. The minimum atomic E-state index is 0.279. The van der Waals surface area contributed by atoms with Crippen LogP contribution < -0.4 is 5.73 Å². The number of aromatic nitrogens is 1. The van der Waals surface area contributed by atoms with Crippen molar-refractivity contribution in [3.63, 3.8) is 0 Å². The summed E-state index contributed by atoms with van der Waals surface area (Å²) in [5.41, 5.74) is 6.10. The van der Waals surface area contributed by atoms with Gasteiger partial charge in [-0.15, -0.1) is 11.3 Å². The van der Waals surface area contributed by atoms with Crippen molar-refractivity contribution in [2.45, 2.75) is 39.2 Å². The molecule has 0 saturated heterocycles. The van der Waals surface area contributed by atoms with E-state index >= 15 is 0 Å². The van der Waals surface area contributed by atoms with Crippen LogP contribution in [0.3, 0.4) is 0 Å². The summed E-state index contributed by atoms with van der Waals surface area (Å²) in [6.45, 7) is 4.41. The van der Waals surface area contributed by atoms with Gasteiger partial charge in [-0.05, 0) is 5.92 Å². The fraction of sp³-hybridized carbons (Fsp3) is 0.700. The molecule has 0 spiro atoms. The summed E-state index contributed by atoms with van der Waals surface area (Å²) in [4.78, 5) is 4.25. The van der Waals surface area contributed by atoms with E-state index in [1.165, 1.54) is 17.8 Å². The van der Waals surface area contributed by atoms with Gasteiger partial charge in [-0.2, -0.15) is 0 Å². The van der Waals surface area contributed by atoms with Crippen molar-refractivity contribution in [3.8, 4) is 0 Å². The van der Waals surface area contributed by atoms with Gasteiger partial charge >= 0.3 is 0 Å². The molecule has 0 amide bonds. The highest BCUT2D eigenvalue weighted by Crippen LogP contribution is 2.16. The van der Waals surface area contributed by atoms with E-state index in [9.17, 15) is 0 Å². The molecule has 13 heavy (non-hydrogen) atoms. The summed E-state index contributed by atoms with van der Waals surface area (Å²) >= 11 is 1.70. The summed E-state index contributed by atoms with van der Waals surface area (Å²) in [5, 5.41) is 3.17. The van der Waals surface area contributed by atoms with Crippen molar-refractivity contribution in [2.24, 2.45) is 11.7 Å². The molecule has 74 valence electrons. The van der Waals surface area contributed by atoms with Crippen LogP contribution in [0.4, 0.5) is 0 Å². The third kappa shape index (κ3) is 3.08. The Labute approximate surface area is 84.2 Å². The van der Waals surface area contributed by atoms with Crippen LogP contribution in [-0.2, 0) is 6.42 Å². The van der Waals surface area contributed by atoms with Crippen LogP contribution in [0, 0.1) is 5.92 Å². The van der Waals surface area contributed by atoms with Crippen molar-refractivity contribution < 1.29 is 0 Å². The Balaban J connectivity index is 2.44. The summed E-state index contributed by atoms with van der Waals surface area (Å²) in [6.07, 6.45) is 5.12. The first-order chi connectivity index (χ1) is 6.27. The quantitative estimate of drug-likeness (QED) is 0.789. The predicted molar refractivity (Wildman–Crippen MR) is 57.9 cm³/mol. The number of nitrogens with two attached hydrogens (primary N) is 1. The summed E-state index contributed by atoms with van der Waals surface area (Å²) in [6, 6.07) is 0.279. The van der Waals surface area contributed by atoms with E-state index < -0.39 is 0 Å². The molecule has 0 bridgehead atoms. The monoisotopic (exact) mass is 198 g/mol. The van der Waals surface area contributed by atoms with Gasteiger partial charge < -0.3 is 5.73 Å². The zero-order chi connectivity index (χ0) is 9.68. The smallest absolute Gasteiger partial charge is 0.0940 e. The van der Waals surface area contributed by atoms with Gasteiger partial charge in [0.1, 0.15) is 0 Å². The van der Waals surface area contributed by atoms with Crippen LogP contribution in [0.1, 0.15) is 31.7 Å². The van der Waals surface area contributed by atoms with Crippen molar-refractivity contribution in [1.29, 1.82) is 0 Å². The number of hydrogen-bond acceptors (Lipinski definition) is 3. The zero-order valence-corrected chi connectivity index (χ0v) is 9.18. The highest BCUT2D eigenvalue weighted by atomic mass is 32.1. The maximum absolute atomic E-state index is 6.10. The number of hydrogen-bond donors (Lipinski definition) is 1. The minimum absolute atomic E-state index is 0.279. The minimum Gasteiger partial charge on any atom is -0.327 e. The van der Waals surface area contributed by atoms with E-state index in [2.05, 4.69) is 18.8 Å². The molecule has 1 heterocycles. The molecule has 1 aromatic heterocycles. The molecule has 1 atom stereocenters. The van der Waals surface area contributed by atoms with Crippen LogP contribution in [0.2, 0.25) is 0 Å². The Morgan fingerprint density at radius 1 is 1.46 bits per heavy atom. The Kier molecular flexibility index (Phi) is 4.39. The largest absolute Gasteiger partial charge is 0.327 e. The first-order valence-electron chi connectivity index (χ1n) is 4.91. The summed E-state index contributed by atoms with van der Waals surface area (Å²) in [5.74, 6) is 0.642. The Morgan fingerprint density at radius 3 is 2.62 bits per heavy atom. The Morgan fingerprint density at radius 2 is 2.15 bits per heavy atom. The zero-order valence-electron chi connectivity index (χ0n) is 8.36.